The van der Waals surface area contributed by atoms with Crippen LogP contribution in [0.5, 0.6) is 0 Å². The quantitative estimate of drug-likeness (QED) is 0.722. The lowest BCUT2D eigenvalue weighted by Crippen LogP contribution is -2.29. The number of fused-ring (bicyclic) bond motifs is 1. The van der Waals surface area contributed by atoms with Crippen LogP contribution in [0.1, 0.15) is 31.5 Å². The molecule has 1 aliphatic heterocycles. The van der Waals surface area contributed by atoms with Gasteiger partial charge in [0.1, 0.15) is 5.69 Å². The van der Waals surface area contributed by atoms with Gasteiger partial charge in [0, 0.05) is 38.3 Å². The van der Waals surface area contributed by atoms with E-state index in [-0.39, 0.29) is 11.9 Å². The van der Waals surface area contributed by atoms with Gasteiger partial charge in [-0.2, -0.15) is 0 Å². The molecule has 116 valence electrons. The standard InChI is InChI=1S/C16H16N6O/c1-11(23)21-8-2-4-12(21)14-15(18-7-6-17-14)13-10-20-16-19-5-3-9-22(13)16/h3,5-7,9-10,12H,2,4,8H2,1H3/t12-/m0/s1. The number of carbonyl (C=O) groups excluding carboxylic acids is 1. The van der Waals surface area contributed by atoms with Crippen molar-refractivity contribution in [3.63, 3.8) is 0 Å². The van der Waals surface area contributed by atoms with Crippen LogP contribution >= 0.6 is 0 Å². The summed E-state index contributed by atoms with van der Waals surface area (Å²) in [7, 11) is 0. The third-order valence-corrected chi connectivity index (χ3v) is 4.23. The molecule has 7 nitrogen and oxygen atoms in total. The van der Waals surface area contributed by atoms with Gasteiger partial charge in [0.15, 0.2) is 0 Å². The van der Waals surface area contributed by atoms with E-state index in [2.05, 4.69) is 19.9 Å². The molecule has 23 heavy (non-hydrogen) atoms. The molecule has 3 aromatic heterocycles. The predicted octanol–water partition coefficient (Wildman–Crippen LogP) is 1.87. The number of hydrogen-bond donors (Lipinski definition) is 0. The van der Waals surface area contributed by atoms with Crippen molar-refractivity contribution < 1.29 is 4.79 Å². The molecule has 1 amide bonds. The highest BCUT2D eigenvalue weighted by atomic mass is 16.2. The molecule has 0 aliphatic carbocycles. The van der Waals surface area contributed by atoms with Crippen LogP contribution in [0.3, 0.4) is 0 Å². The maximum Gasteiger partial charge on any atom is 0.234 e. The lowest BCUT2D eigenvalue weighted by molar-refractivity contribution is -0.129. The third kappa shape index (κ3) is 2.25. The van der Waals surface area contributed by atoms with E-state index in [1.165, 1.54) is 0 Å². The zero-order chi connectivity index (χ0) is 15.8. The van der Waals surface area contributed by atoms with Crippen molar-refractivity contribution in [1.29, 1.82) is 0 Å². The Balaban J connectivity index is 1.86. The number of carbonyl (C=O) groups is 1. The Morgan fingerprint density at radius 3 is 2.91 bits per heavy atom. The summed E-state index contributed by atoms with van der Waals surface area (Å²) in [4.78, 5) is 31.4. The van der Waals surface area contributed by atoms with Gasteiger partial charge >= 0.3 is 0 Å². The van der Waals surface area contributed by atoms with Crippen LogP contribution in [0, 0.1) is 0 Å². The van der Waals surface area contributed by atoms with Crippen LogP contribution in [0.2, 0.25) is 0 Å². The normalized spacial score (nSPS) is 17.8. The van der Waals surface area contributed by atoms with E-state index in [1.807, 2.05) is 21.6 Å². The Morgan fingerprint density at radius 2 is 2.04 bits per heavy atom. The number of rotatable bonds is 2. The molecule has 0 radical (unpaired) electrons. The van der Waals surface area contributed by atoms with E-state index in [4.69, 9.17) is 0 Å². The second-order valence-electron chi connectivity index (χ2n) is 5.59. The molecular formula is C16H16N6O. The number of likely N-dealkylation sites (tertiary alicyclic amines) is 1. The van der Waals surface area contributed by atoms with Gasteiger partial charge in [-0.25, -0.2) is 9.97 Å². The molecular weight excluding hydrogens is 292 g/mol. The van der Waals surface area contributed by atoms with Gasteiger partial charge in [-0.05, 0) is 18.9 Å². The minimum absolute atomic E-state index is 0.0292. The van der Waals surface area contributed by atoms with Crippen molar-refractivity contribution in [3.05, 3.63) is 42.7 Å². The van der Waals surface area contributed by atoms with Gasteiger partial charge in [-0.3, -0.25) is 19.2 Å². The second-order valence-corrected chi connectivity index (χ2v) is 5.59. The van der Waals surface area contributed by atoms with Crippen molar-refractivity contribution in [1.82, 2.24) is 29.2 Å². The van der Waals surface area contributed by atoms with E-state index in [0.717, 1.165) is 36.5 Å². The molecule has 1 saturated heterocycles. The minimum atomic E-state index is -0.0292. The molecule has 3 aromatic rings. The van der Waals surface area contributed by atoms with Crippen LogP contribution < -0.4 is 0 Å². The predicted molar refractivity (Wildman–Crippen MR) is 83.4 cm³/mol. The molecule has 1 fully saturated rings. The first-order valence-corrected chi connectivity index (χ1v) is 7.62. The highest BCUT2D eigenvalue weighted by Gasteiger charge is 2.31. The number of hydrogen-bond acceptors (Lipinski definition) is 5. The average molecular weight is 308 g/mol. The number of nitrogens with zero attached hydrogens (tertiary/aromatic N) is 6. The largest absolute Gasteiger partial charge is 0.334 e. The Morgan fingerprint density at radius 1 is 1.17 bits per heavy atom. The summed E-state index contributed by atoms with van der Waals surface area (Å²) in [6.07, 6.45) is 10.6. The number of imidazole rings is 1. The van der Waals surface area contributed by atoms with Crippen molar-refractivity contribution in [2.45, 2.75) is 25.8 Å². The van der Waals surface area contributed by atoms with E-state index in [9.17, 15) is 4.79 Å². The van der Waals surface area contributed by atoms with Crippen molar-refractivity contribution in [2.75, 3.05) is 6.54 Å². The maximum absolute atomic E-state index is 11.9. The highest BCUT2D eigenvalue weighted by Crippen LogP contribution is 2.35. The minimum Gasteiger partial charge on any atom is -0.334 e. The molecule has 0 unspecified atom stereocenters. The SMILES string of the molecule is CC(=O)N1CCC[C@H]1c1nccnc1-c1cnc2ncccn12. The third-order valence-electron chi connectivity index (χ3n) is 4.23. The summed E-state index contributed by atoms with van der Waals surface area (Å²) >= 11 is 0. The molecule has 1 aliphatic rings. The summed E-state index contributed by atoms with van der Waals surface area (Å²) in [5, 5.41) is 0. The first kappa shape index (κ1) is 13.8. The maximum atomic E-state index is 11.9. The van der Waals surface area contributed by atoms with Crippen LogP contribution in [-0.4, -0.2) is 41.7 Å². The summed E-state index contributed by atoms with van der Waals surface area (Å²) < 4.78 is 1.89. The molecule has 4 heterocycles. The first-order valence-electron chi connectivity index (χ1n) is 7.62. The van der Waals surface area contributed by atoms with E-state index in [0.29, 0.717) is 5.78 Å². The van der Waals surface area contributed by atoms with Crippen molar-refractivity contribution in [2.24, 2.45) is 0 Å². The topological polar surface area (TPSA) is 76.3 Å². The molecule has 0 N–H and O–H groups in total. The average Bonchev–Trinajstić information content (AvgIpc) is 3.22. The number of amides is 1. The monoisotopic (exact) mass is 308 g/mol. The van der Waals surface area contributed by atoms with E-state index in [1.54, 1.807) is 31.7 Å². The van der Waals surface area contributed by atoms with Crippen LogP contribution in [0.4, 0.5) is 0 Å². The summed E-state index contributed by atoms with van der Waals surface area (Å²) in [6.45, 7) is 2.37. The highest BCUT2D eigenvalue weighted by molar-refractivity contribution is 5.74. The fourth-order valence-corrected chi connectivity index (χ4v) is 3.22. The van der Waals surface area contributed by atoms with Crippen molar-refractivity contribution in [3.8, 4) is 11.4 Å². The fourth-order valence-electron chi connectivity index (χ4n) is 3.22. The zero-order valence-electron chi connectivity index (χ0n) is 12.8. The molecule has 0 saturated carbocycles. The Kier molecular flexibility index (Phi) is 3.25. The van der Waals surface area contributed by atoms with Gasteiger partial charge in [0.25, 0.3) is 0 Å². The van der Waals surface area contributed by atoms with Crippen molar-refractivity contribution >= 4 is 11.7 Å². The summed E-state index contributed by atoms with van der Waals surface area (Å²) in [5.41, 5.74) is 2.42. The van der Waals surface area contributed by atoms with Gasteiger partial charge in [-0.15, -0.1) is 0 Å². The van der Waals surface area contributed by atoms with Gasteiger partial charge in [0.2, 0.25) is 11.7 Å². The summed E-state index contributed by atoms with van der Waals surface area (Å²) in [6, 6.07) is 1.82. The Bertz CT molecular complexity index is 874. The first-order chi connectivity index (χ1) is 11.3. The lowest BCUT2D eigenvalue weighted by atomic mass is 10.1. The second kappa shape index (κ2) is 5.42. The van der Waals surface area contributed by atoms with E-state index >= 15 is 0 Å². The van der Waals surface area contributed by atoms with Crippen LogP contribution in [0.15, 0.2) is 37.1 Å². The smallest absolute Gasteiger partial charge is 0.234 e. The van der Waals surface area contributed by atoms with Gasteiger partial charge < -0.3 is 4.90 Å². The summed E-state index contributed by atoms with van der Waals surface area (Å²) in [5.74, 6) is 0.692. The molecule has 1 atom stereocenters. The Labute approximate surface area is 133 Å². The van der Waals surface area contributed by atoms with Crippen LogP contribution in [0.25, 0.3) is 17.2 Å². The molecule has 0 bridgehead atoms. The van der Waals surface area contributed by atoms with Gasteiger partial charge in [0.05, 0.1) is 23.6 Å². The number of aromatic nitrogens is 5. The lowest BCUT2D eigenvalue weighted by Gasteiger charge is -2.24. The van der Waals surface area contributed by atoms with Gasteiger partial charge in [-0.1, -0.05) is 0 Å². The molecule has 0 aromatic carbocycles. The zero-order valence-corrected chi connectivity index (χ0v) is 12.8. The Hall–Kier alpha value is -2.83. The fraction of sp³-hybridized carbons (Fsp3) is 0.312. The molecule has 0 spiro atoms. The van der Waals surface area contributed by atoms with E-state index < -0.39 is 0 Å². The molecule has 7 heteroatoms. The molecule has 4 rings (SSSR count). The van der Waals surface area contributed by atoms with Crippen LogP contribution in [-0.2, 0) is 4.79 Å².